The Bertz CT molecular complexity index is 1180. The Hall–Kier alpha value is -2.87. The van der Waals surface area contributed by atoms with Crippen molar-refractivity contribution in [2.75, 3.05) is 17.9 Å². The van der Waals surface area contributed by atoms with Crippen LogP contribution in [-0.2, 0) is 0 Å². The molecule has 1 heterocycles. The molecule has 0 fully saturated rings. The Labute approximate surface area is 163 Å². The first-order chi connectivity index (χ1) is 13.1. The fourth-order valence-corrected chi connectivity index (χ4v) is 4.05. The minimum Gasteiger partial charge on any atom is -0.496 e. The molecular weight excluding hydrogens is 384 g/mol. The number of carbonyl (C=O) groups is 1. The van der Waals surface area contributed by atoms with E-state index in [1.54, 1.807) is 13.2 Å². The highest BCUT2D eigenvalue weighted by atomic mass is 35.5. The molecule has 0 aliphatic rings. The number of amides is 1. The number of nitrogens with one attached hydrogen (secondary N) is 2. The third-order valence-corrected chi connectivity index (χ3v) is 5.36. The van der Waals surface area contributed by atoms with E-state index in [1.165, 1.54) is 11.3 Å². The molecule has 0 atom stereocenters. The number of nitrogens with two attached hydrogens (primary N) is 1. The second-order valence-electron chi connectivity index (χ2n) is 5.82. The van der Waals surface area contributed by atoms with Gasteiger partial charge in [0.15, 0.2) is 5.13 Å². The molecule has 4 N–H and O–H groups in total. The number of halogens is 1. The lowest BCUT2D eigenvalue weighted by Crippen LogP contribution is -2.13. The van der Waals surface area contributed by atoms with E-state index in [-0.39, 0.29) is 5.91 Å². The van der Waals surface area contributed by atoms with Crippen LogP contribution in [0.2, 0.25) is 5.02 Å². The summed E-state index contributed by atoms with van der Waals surface area (Å²) in [6, 6.07) is 14.9. The molecule has 6 nitrogen and oxygen atoms in total. The molecule has 4 aromatic rings. The summed E-state index contributed by atoms with van der Waals surface area (Å²) in [5.41, 5.74) is 4.16. The second-order valence-corrected chi connectivity index (χ2v) is 7.26. The van der Waals surface area contributed by atoms with Crippen LogP contribution in [0.15, 0.2) is 48.5 Å². The fraction of sp³-hybridized carbons (Fsp3) is 0.0526. The van der Waals surface area contributed by atoms with E-state index in [2.05, 4.69) is 15.7 Å². The first-order valence-electron chi connectivity index (χ1n) is 8.04. The zero-order valence-corrected chi connectivity index (χ0v) is 15.8. The monoisotopic (exact) mass is 398 g/mol. The van der Waals surface area contributed by atoms with Gasteiger partial charge in [-0.05, 0) is 35.0 Å². The van der Waals surface area contributed by atoms with Gasteiger partial charge in [0.05, 0.1) is 22.4 Å². The lowest BCUT2D eigenvalue weighted by molar-refractivity contribution is 0.102. The average molecular weight is 399 g/mol. The molecule has 0 aliphatic carbocycles. The number of hydrogen-bond acceptors (Lipinski definition) is 6. The van der Waals surface area contributed by atoms with Crippen molar-refractivity contribution in [3.05, 3.63) is 59.1 Å². The largest absolute Gasteiger partial charge is 0.496 e. The molecule has 3 aromatic carbocycles. The maximum Gasteiger partial charge on any atom is 0.259 e. The molecule has 1 amide bonds. The van der Waals surface area contributed by atoms with E-state index in [0.717, 1.165) is 15.5 Å². The number of methoxy groups -OCH3 is 1. The Kier molecular flexibility index (Phi) is 4.57. The van der Waals surface area contributed by atoms with Gasteiger partial charge >= 0.3 is 0 Å². The first-order valence-corrected chi connectivity index (χ1v) is 9.23. The van der Waals surface area contributed by atoms with Gasteiger partial charge in [-0.1, -0.05) is 47.2 Å². The quantitative estimate of drug-likeness (QED) is 0.344. The number of rotatable bonds is 4. The number of benzene rings is 3. The van der Waals surface area contributed by atoms with Gasteiger partial charge < -0.3 is 10.1 Å². The van der Waals surface area contributed by atoms with Crippen molar-refractivity contribution in [1.82, 2.24) is 4.98 Å². The van der Waals surface area contributed by atoms with Gasteiger partial charge in [0.2, 0.25) is 0 Å². The van der Waals surface area contributed by atoms with Crippen LogP contribution in [0.1, 0.15) is 10.4 Å². The van der Waals surface area contributed by atoms with Crippen molar-refractivity contribution < 1.29 is 9.53 Å². The lowest BCUT2D eigenvalue weighted by Gasteiger charge is -2.11. The van der Waals surface area contributed by atoms with Gasteiger partial charge in [0.1, 0.15) is 11.3 Å². The summed E-state index contributed by atoms with van der Waals surface area (Å²) in [6.45, 7) is 0. The van der Waals surface area contributed by atoms with Crippen LogP contribution in [0.25, 0.3) is 21.0 Å². The van der Waals surface area contributed by atoms with Gasteiger partial charge in [-0.3, -0.25) is 10.2 Å². The van der Waals surface area contributed by atoms with E-state index in [0.29, 0.717) is 32.7 Å². The van der Waals surface area contributed by atoms with Gasteiger partial charge in [-0.15, -0.1) is 0 Å². The molecule has 0 bridgehead atoms. The topological polar surface area (TPSA) is 89.3 Å². The van der Waals surface area contributed by atoms with Crippen molar-refractivity contribution in [2.45, 2.75) is 0 Å². The van der Waals surface area contributed by atoms with Crippen LogP contribution in [0, 0.1) is 0 Å². The average Bonchev–Trinajstić information content (AvgIpc) is 3.10. The Balaban J connectivity index is 1.71. The van der Waals surface area contributed by atoms with E-state index >= 15 is 0 Å². The zero-order chi connectivity index (χ0) is 19.0. The Morgan fingerprint density at radius 1 is 1.19 bits per heavy atom. The van der Waals surface area contributed by atoms with Crippen molar-refractivity contribution in [1.29, 1.82) is 0 Å². The highest BCUT2D eigenvalue weighted by Crippen LogP contribution is 2.34. The highest BCUT2D eigenvalue weighted by molar-refractivity contribution is 7.22. The molecule has 8 heteroatoms. The number of anilines is 2. The normalized spacial score (nSPS) is 10.9. The number of carbonyl (C=O) groups excluding carboxylic acids is 1. The molecule has 1 aromatic heterocycles. The van der Waals surface area contributed by atoms with Crippen LogP contribution in [0.3, 0.4) is 0 Å². The Morgan fingerprint density at radius 2 is 1.93 bits per heavy atom. The van der Waals surface area contributed by atoms with Crippen LogP contribution < -0.4 is 21.3 Å². The standard InChI is InChI=1S/C19H15ClN4O2S/c1-26-15-7-11-5-3-2-4-10(11)6-13(15)18(25)22-12-8-14(20)17-16(9-12)27-19(23-17)24-21/h2-9H,21H2,1H3,(H,22,25)(H,23,24). The van der Waals surface area contributed by atoms with E-state index in [1.807, 2.05) is 42.5 Å². The molecule has 27 heavy (non-hydrogen) atoms. The maximum atomic E-state index is 12.9. The minimum absolute atomic E-state index is 0.283. The number of thiazole rings is 1. The van der Waals surface area contributed by atoms with Crippen LogP contribution in [0.5, 0.6) is 5.75 Å². The van der Waals surface area contributed by atoms with Crippen molar-refractivity contribution in [2.24, 2.45) is 5.84 Å². The Morgan fingerprint density at radius 3 is 2.63 bits per heavy atom. The van der Waals surface area contributed by atoms with E-state index < -0.39 is 0 Å². The molecule has 0 saturated heterocycles. The van der Waals surface area contributed by atoms with Gasteiger partial charge in [0.25, 0.3) is 5.91 Å². The third kappa shape index (κ3) is 3.28. The first kappa shape index (κ1) is 17.5. The van der Waals surface area contributed by atoms with Gasteiger partial charge in [0, 0.05) is 5.69 Å². The molecule has 4 rings (SSSR count). The molecule has 0 spiro atoms. The summed E-state index contributed by atoms with van der Waals surface area (Å²) < 4.78 is 6.22. The zero-order valence-electron chi connectivity index (χ0n) is 14.2. The number of aromatic nitrogens is 1. The summed E-state index contributed by atoms with van der Waals surface area (Å²) in [6.07, 6.45) is 0. The molecule has 0 radical (unpaired) electrons. The molecule has 0 unspecified atom stereocenters. The van der Waals surface area contributed by atoms with E-state index in [4.69, 9.17) is 22.2 Å². The van der Waals surface area contributed by atoms with Crippen LogP contribution in [0.4, 0.5) is 10.8 Å². The summed E-state index contributed by atoms with van der Waals surface area (Å²) in [5.74, 6) is 5.63. The fourth-order valence-electron chi connectivity index (χ4n) is 2.89. The number of nitrogens with zero attached hydrogens (tertiary/aromatic N) is 1. The molecule has 0 aliphatic heterocycles. The number of hydrogen-bond donors (Lipinski definition) is 3. The van der Waals surface area contributed by atoms with Gasteiger partial charge in [-0.25, -0.2) is 10.8 Å². The minimum atomic E-state index is -0.283. The summed E-state index contributed by atoms with van der Waals surface area (Å²) >= 11 is 7.65. The van der Waals surface area contributed by atoms with Gasteiger partial charge in [-0.2, -0.15) is 0 Å². The third-order valence-electron chi connectivity index (χ3n) is 4.14. The highest BCUT2D eigenvalue weighted by Gasteiger charge is 2.16. The summed E-state index contributed by atoms with van der Waals surface area (Å²) in [5, 5.41) is 5.82. The van der Waals surface area contributed by atoms with Crippen LogP contribution in [-0.4, -0.2) is 18.0 Å². The SMILES string of the molecule is COc1cc2ccccc2cc1C(=O)Nc1cc(Cl)c2nc(NN)sc2c1. The second kappa shape index (κ2) is 7.03. The predicted molar refractivity (Wildman–Crippen MR) is 111 cm³/mol. The summed E-state index contributed by atoms with van der Waals surface area (Å²) in [4.78, 5) is 17.2. The van der Waals surface area contributed by atoms with Crippen molar-refractivity contribution in [3.63, 3.8) is 0 Å². The van der Waals surface area contributed by atoms with E-state index in [9.17, 15) is 4.79 Å². The lowest BCUT2D eigenvalue weighted by atomic mass is 10.1. The summed E-state index contributed by atoms with van der Waals surface area (Å²) in [7, 11) is 1.54. The maximum absolute atomic E-state index is 12.9. The van der Waals surface area contributed by atoms with Crippen molar-refractivity contribution >= 4 is 60.7 Å². The molecule has 0 saturated carbocycles. The van der Waals surface area contributed by atoms with Crippen molar-refractivity contribution in [3.8, 4) is 5.75 Å². The van der Waals surface area contributed by atoms with Crippen LogP contribution >= 0.6 is 22.9 Å². The number of nitrogen functional groups attached to an aromatic ring is 1. The smallest absolute Gasteiger partial charge is 0.259 e. The molecular formula is C19H15ClN4O2S. The molecule has 136 valence electrons. The number of hydrazine groups is 1. The number of ether oxygens (including phenoxy) is 1. The number of fused-ring (bicyclic) bond motifs is 2. The predicted octanol–water partition coefficient (Wildman–Crippen LogP) is 4.65.